The minimum absolute atomic E-state index is 0.0550. The van der Waals surface area contributed by atoms with E-state index in [1.54, 1.807) is 12.1 Å². The topological polar surface area (TPSA) is 129 Å². The maximum absolute atomic E-state index is 14.1. The zero-order valence-corrected chi connectivity index (χ0v) is 34.6. The van der Waals surface area contributed by atoms with Crippen LogP contribution in [0.1, 0.15) is 16.7 Å². The van der Waals surface area contributed by atoms with Crippen molar-refractivity contribution in [2.45, 2.75) is 20.8 Å². The average Bonchev–Trinajstić information content (AvgIpc) is 3.30. The van der Waals surface area contributed by atoms with E-state index in [0.29, 0.717) is 39.0 Å². The lowest BCUT2D eigenvalue weighted by atomic mass is 9.94. The fourth-order valence-electron chi connectivity index (χ4n) is 9.58. The van der Waals surface area contributed by atoms with Crippen LogP contribution in [-0.4, -0.2) is 15.0 Å². The third kappa shape index (κ3) is 5.64. The standard InChI is InChI=1S/C55H33N3O6/c1-28-44(53(59)62-41-23-20-31-10-4-7-13-38(31)45(28)41)36-18-16-35-27-37(19-17-34(35)26-36)50-56-51(48-29(2)46-39-14-8-5-11-32(39)21-24-42(46)63-54(48)60)58-52(57-50)49-30(3)47-40-15-9-6-12-33(40)22-25-43(47)64-55(49)61/h4-27H,1-3H3. The van der Waals surface area contributed by atoms with Crippen LogP contribution in [-0.2, 0) is 0 Å². The van der Waals surface area contributed by atoms with Crippen LogP contribution >= 0.6 is 0 Å². The Hall–Kier alpha value is -8.56. The molecule has 0 fully saturated rings. The number of hydrogen-bond acceptors (Lipinski definition) is 9. The third-order valence-corrected chi connectivity index (χ3v) is 12.6. The van der Waals surface area contributed by atoms with Crippen LogP contribution in [0.3, 0.4) is 0 Å². The van der Waals surface area contributed by atoms with Gasteiger partial charge >= 0.3 is 16.9 Å². The van der Waals surface area contributed by atoms with Gasteiger partial charge in [0.05, 0.1) is 5.56 Å². The first-order valence-corrected chi connectivity index (χ1v) is 20.9. The maximum Gasteiger partial charge on any atom is 0.347 e. The molecule has 0 aliphatic carbocycles. The van der Waals surface area contributed by atoms with Crippen molar-refractivity contribution < 1.29 is 13.3 Å². The fraction of sp³-hybridized carbons (Fsp3) is 0.0545. The Balaban J connectivity index is 1.07. The third-order valence-electron chi connectivity index (χ3n) is 12.6. The Morgan fingerprint density at radius 2 is 0.688 bits per heavy atom. The van der Waals surface area contributed by atoms with E-state index < -0.39 is 16.9 Å². The number of nitrogens with zero attached hydrogens (tertiary/aromatic N) is 3. The molecule has 0 atom stereocenters. The van der Waals surface area contributed by atoms with Crippen molar-refractivity contribution >= 4 is 76.0 Å². The van der Waals surface area contributed by atoms with E-state index in [0.717, 1.165) is 70.4 Å². The fourth-order valence-corrected chi connectivity index (χ4v) is 9.58. The van der Waals surface area contributed by atoms with Crippen LogP contribution in [0.4, 0.5) is 0 Å². The van der Waals surface area contributed by atoms with Crippen LogP contribution in [0.2, 0.25) is 0 Å². The lowest BCUT2D eigenvalue weighted by Crippen LogP contribution is -2.13. The highest BCUT2D eigenvalue weighted by Gasteiger charge is 2.25. The summed E-state index contributed by atoms with van der Waals surface area (Å²) >= 11 is 0. The summed E-state index contributed by atoms with van der Waals surface area (Å²) < 4.78 is 17.9. The summed E-state index contributed by atoms with van der Waals surface area (Å²) in [6, 6.07) is 46.7. The van der Waals surface area contributed by atoms with Crippen LogP contribution in [0.25, 0.3) is 121 Å². The molecule has 0 unspecified atom stereocenters. The molecule has 8 aromatic carbocycles. The van der Waals surface area contributed by atoms with Gasteiger partial charge in [0.2, 0.25) is 0 Å². The first kappa shape index (κ1) is 37.2. The van der Waals surface area contributed by atoms with Gasteiger partial charge in [0.1, 0.15) is 27.9 Å². The van der Waals surface area contributed by atoms with E-state index in [4.69, 9.17) is 28.2 Å². The first-order chi connectivity index (χ1) is 31.2. The molecule has 0 amide bonds. The number of hydrogen-bond donors (Lipinski definition) is 0. The van der Waals surface area contributed by atoms with E-state index in [2.05, 4.69) is 0 Å². The van der Waals surface area contributed by atoms with E-state index in [9.17, 15) is 14.4 Å². The monoisotopic (exact) mass is 831 g/mol. The molecule has 0 bridgehead atoms. The number of aryl methyl sites for hydroxylation is 3. The van der Waals surface area contributed by atoms with E-state index >= 15 is 0 Å². The second-order valence-electron chi connectivity index (χ2n) is 16.2. The molecule has 0 saturated carbocycles. The summed E-state index contributed by atoms with van der Waals surface area (Å²) in [4.78, 5) is 56.6. The quantitative estimate of drug-likeness (QED) is 0.126. The molecule has 0 aliphatic heterocycles. The van der Waals surface area contributed by atoms with Crippen LogP contribution < -0.4 is 16.9 Å². The molecule has 12 rings (SSSR count). The molecule has 0 spiro atoms. The summed E-state index contributed by atoms with van der Waals surface area (Å²) in [6.45, 7) is 5.69. The van der Waals surface area contributed by atoms with Crippen molar-refractivity contribution in [2.24, 2.45) is 0 Å². The van der Waals surface area contributed by atoms with Crippen molar-refractivity contribution in [1.29, 1.82) is 0 Å². The predicted octanol–water partition coefficient (Wildman–Crippen LogP) is 12.4. The Labute approximate surface area is 362 Å². The van der Waals surface area contributed by atoms with Crippen LogP contribution in [0, 0.1) is 20.8 Å². The maximum atomic E-state index is 14.1. The lowest BCUT2D eigenvalue weighted by molar-refractivity contribution is 0.561. The van der Waals surface area contributed by atoms with Crippen molar-refractivity contribution in [1.82, 2.24) is 15.0 Å². The highest BCUT2D eigenvalue weighted by Crippen LogP contribution is 2.37. The number of rotatable bonds is 4. The first-order valence-electron chi connectivity index (χ1n) is 20.9. The minimum atomic E-state index is -0.621. The van der Waals surface area contributed by atoms with Gasteiger partial charge in [-0.25, -0.2) is 29.3 Å². The normalized spacial score (nSPS) is 11.9. The van der Waals surface area contributed by atoms with E-state index in [1.807, 2.05) is 154 Å². The van der Waals surface area contributed by atoms with Crippen LogP contribution in [0.5, 0.6) is 0 Å². The lowest BCUT2D eigenvalue weighted by Gasteiger charge is -2.14. The van der Waals surface area contributed by atoms with Crippen molar-refractivity contribution in [3.63, 3.8) is 0 Å². The summed E-state index contributed by atoms with van der Waals surface area (Å²) in [5.74, 6) is 0.344. The van der Waals surface area contributed by atoms with Gasteiger partial charge in [0.25, 0.3) is 0 Å². The van der Waals surface area contributed by atoms with E-state index in [1.165, 1.54) is 0 Å². The SMILES string of the molecule is Cc1c(-c2ccc3cc(-c4nc(-c5c(C)c6c(ccc7ccccc76)oc5=O)nc(-c5c(C)c6c(ccc7ccccc76)oc5=O)n4)ccc3c2)c(=O)oc2ccc3ccccc3c12. The van der Waals surface area contributed by atoms with Gasteiger partial charge in [-0.1, -0.05) is 115 Å². The summed E-state index contributed by atoms with van der Waals surface area (Å²) in [5.41, 5.74) is 4.02. The molecule has 0 radical (unpaired) electrons. The molecular weight excluding hydrogens is 799 g/mol. The largest absolute Gasteiger partial charge is 0.422 e. The molecular formula is C55H33N3O6. The van der Waals surface area contributed by atoms with Crippen molar-refractivity contribution in [3.05, 3.63) is 194 Å². The van der Waals surface area contributed by atoms with Gasteiger partial charge in [-0.15, -0.1) is 0 Å². The number of aromatic nitrogens is 3. The van der Waals surface area contributed by atoms with Crippen LogP contribution in [0.15, 0.2) is 173 Å². The Morgan fingerprint density at radius 1 is 0.344 bits per heavy atom. The molecule has 9 nitrogen and oxygen atoms in total. The smallest absolute Gasteiger partial charge is 0.347 e. The number of fused-ring (bicyclic) bond motifs is 10. The molecule has 0 saturated heterocycles. The Kier molecular flexibility index (Phi) is 8.13. The Morgan fingerprint density at radius 3 is 1.14 bits per heavy atom. The second-order valence-corrected chi connectivity index (χ2v) is 16.2. The van der Waals surface area contributed by atoms with Crippen molar-refractivity contribution in [3.8, 4) is 45.3 Å². The van der Waals surface area contributed by atoms with Gasteiger partial charge in [0, 0.05) is 21.7 Å². The molecule has 0 N–H and O–H groups in total. The molecule has 9 heteroatoms. The highest BCUT2D eigenvalue weighted by molar-refractivity contribution is 6.11. The summed E-state index contributed by atoms with van der Waals surface area (Å²) in [7, 11) is 0. The highest BCUT2D eigenvalue weighted by atomic mass is 16.4. The second kappa shape index (κ2) is 14.0. The van der Waals surface area contributed by atoms with Gasteiger partial charge in [-0.05, 0) is 116 Å². The van der Waals surface area contributed by atoms with Gasteiger partial charge in [-0.3, -0.25) is 0 Å². The van der Waals surface area contributed by atoms with Gasteiger partial charge in [0.15, 0.2) is 17.5 Å². The molecule has 12 aromatic rings. The molecule has 0 aliphatic rings. The predicted molar refractivity (Wildman–Crippen MR) is 254 cm³/mol. The number of benzene rings is 8. The molecule has 304 valence electrons. The molecule has 64 heavy (non-hydrogen) atoms. The average molecular weight is 832 g/mol. The Bertz CT molecular complexity index is 4050. The minimum Gasteiger partial charge on any atom is -0.422 e. The van der Waals surface area contributed by atoms with E-state index in [-0.39, 0.29) is 28.6 Å². The molecule has 4 aromatic heterocycles. The van der Waals surface area contributed by atoms with Gasteiger partial charge < -0.3 is 13.3 Å². The molecule has 4 heterocycles. The summed E-state index contributed by atoms with van der Waals surface area (Å²) in [6.07, 6.45) is 0. The zero-order chi connectivity index (χ0) is 43.4. The zero-order valence-electron chi connectivity index (χ0n) is 34.6. The summed E-state index contributed by atoms with van der Waals surface area (Å²) in [5, 5.41) is 9.99. The van der Waals surface area contributed by atoms with Gasteiger partial charge in [-0.2, -0.15) is 0 Å². The van der Waals surface area contributed by atoms with Crippen molar-refractivity contribution in [2.75, 3.05) is 0 Å².